The highest BCUT2D eigenvalue weighted by molar-refractivity contribution is 7.10. The molecule has 0 spiro atoms. The van der Waals surface area contributed by atoms with Gasteiger partial charge in [-0.2, -0.15) is 0 Å². The van der Waals surface area contributed by atoms with Gasteiger partial charge in [-0.25, -0.2) is 9.59 Å². The second-order valence-corrected chi connectivity index (χ2v) is 6.19. The van der Waals surface area contributed by atoms with E-state index in [9.17, 15) is 9.59 Å². The number of amides is 2. The third-order valence-electron chi connectivity index (χ3n) is 3.82. The highest BCUT2D eigenvalue weighted by Crippen LogP contribution is 2.18. The number of carboxylic acid groups (broad SMARTS) is 1. The zero-order chi connectivity index (χ0) is 16.9. The number of hydrogen-bond acceptors (Lipinski definition) is 6. The van der Waals surface area contributed by atoms with Crippen molar-refractivity contribution in [2.45, 2.75) is 6.54 Å². The van der Waals surface area contributed by atoms with Crippen LogP contribution >= 0.6 is 11.5 Å². The van der Waals surface area contributed by atoms with Gasteiger partial charge in [0.25, 0.3) is 0 Å². The van der Waals surface area contributed by atoms with Crippen LogP contribution in [0.3, 0.4) is 0 Å². The van der Waals surface area contributed by atoms with Crippen molar-refractivity contribution in [2.75, 3.05) is 31.5 Å². The van der Waals surface area contributed by atoms with Crippen molar-refractivity contribution in [2.24, 2.45) is 0 Å². The second kappa shape index (κ2) is 7.37. The van der Waals surface area contributed by atoms with E-state index in [0.29, 0.717) is 13.1 Å². The zero-order valence-corrected chi connectivity index (χ0v) is 13.7. The third-order valence-corrected chi connectivity index (χ3v) is 4.46. The number of piperazine rings is 1. The molecule has 3 rings (SSSR count). The Morgan fingerprint density at radius 2 is 1.88 bits per heavy atom. The Morgan fingerprint density at radius 3 is 2.54 bits per heavy atom. The summed E-state index contributed by atoms with van der Waals surface area (Å²) >= 11 is 0.862. The Kier molecular flexibility index (Phi) is 5.02. The van der Waals surface area contributed by atoms with Crippen LogP contribution in [0.25, 0.3) is 0 Å². The first-order valence-corrected chi connectivity index (χ1v) is 8.28. The van der Waals surface area contributed by atoms with Gasteiger partial charge in [-0.15, -0.1) is 5.10 Å². The highest BCUT2D eigenvalue weighted by Gasteiger charge is 2.24. The third kappa shape index (κ3) is 3.87. The molecule has 2 heterocycles. The molecule has 1 saturated heterocycles. The molecule has 0 atom stereocenters. The van der Waals surface area contributed by atoms with Crippen molar-refractivity contribution in [1.29, 1.82) is 0 Å². The molecule has 9 heteroatoms. The number of nitrogens with one attached hydrogen (secondary N) is 1. The van der Waals surface area contributed by atoms with Crippen molar-refractivity contribution in [3.05, 3.63) is 41.6 Å². The topological polar surface area (TPSA) is 98.7 Å². The number of nitrogens with zero attached hydrogens (tertiary/aromatic N) is 4. The Hall–Kier alpha value is -2.52. The van der Waals surface area contributed by atoms with Crippen LogP contribution in [0.1, 0.15) is 16.1 Å². The van der Waals surface area contributed by atoms with Crippen LogP contribution in [0.2, 0.25) is 0 Å². The quantitative estimate of drug-likeness (QED) is 0.871. The van der Waals surface area contributed by atoms with Crippen LogP contribution in [0.4, 0.5) is 9.80 Å². The fraction of sp³-hybridized carbons (Fsp3) is 0.333. The summed E-state index contributed by atoms with van der Waals surface area (Å²) in [6.07, 6.45) is 0. The average Bonchev–Trinajstić information content (AvgIpc) is 3.05. The van der Waals surface area contributed by atoms with Gasteiger partial charge in [0.2, 0.25) is 5.69 Å². The van der Waals surface area contributed by atoms with Gasteiger partial charge in [0, 0.05) is 44.3 Å². The number of carbonyl (C=O) groups is 2. The molecule has 126 valence electrons. The highest BCUT2D eigenvalue weighted by atomic mass is 32.1. The summed E-state index contributed by atoms with van der Waals surface area (Å²) in [5.41, 5.74) is 1.02. The minimum Gasteiger partial charge on any atom is -0.476 e. The monoisotopic (exact) mass is 347 g/mol. The molecule has 8 nitrogen and oxygen atoms in total. The maximum Gasteiger partial charge on any atom is 0.359 e. The van der Waals surface area contributed by atoms with Crippen molar-refractivity contribution >= 4 is 28.5 Å². The van der Waals surface area contributed by atoms with E-state index in [0.717, 1.165) is 31.2 Å². The Morgan fingerprint density at radius 1 is 1.17 bits per heavy atom. The minimum absolute atomic E-state index is 0.166. The molecule has 1 fully saturated rings. The number of rotatable bonds is 4. The molecule has 1 aromatic heterocycles. The Balaban J connectivity index is 1.52. The summed E-state index contributed by atoms with van der Waals surface area (Å²) in [7, 11) is 0. The number of benzene rings is 1. The van der Waals surface area contributed by atoms with Crippen LogP contribution in [0, 0.1) is 0 Å². The molecule has 0 saturated carbocycles. The van der Waals surface area contributed by atoms with E-state index in [1.807, 2.05) is 18.2 Å². The largest absolute Gasteiger partial charge is 0.476 e. The predicted octanol–water partition coefficient (Wildman–Crippen LogP) is 1.59. The predicted molar refractivity (Wildman–Crippen MR) is 89.2 cm³/mol. The van der Waals surface area contributed by atoms with E-state index in [2.05, 4.69) is 31.9 Å². The molecule has 0 bridgehead atoms. The summed E-state index contributed by atoms with van der Waals surface area (Å²) in [4.78, 5) is 27.2. The average molecular weight is 347 g/mol. The van der Waals surface area contributed by atoms with Gasteiger partial charge in [0.1, 0.15) is 0 Å². The first-order chi connectivity index (χ1) is 11.6. The molecule has 0 aliphatic carbocycles. The lowest BCUT2D eigenvalue weighted by Crippen LogP contribution is -2.49. The van der Waals surface area contributed by atoms with Crippen LogP contribution < -0.4 is 5.32 Å². The van der Waals surface area contributed by atoms with Gasteiger partial charge in [0.15, 0.2) is 5.00 Å². The molecule has 0 unspecified atom stereocenters. The van der Waals surface area contributed by atoms with Gasteiger partial charge >= 0.3 is 12.0 Å². The standard InChI is InChI=1S/C15H17N5O3S/c21-14(22)12-13(24-18-17-12)16-15(23)20-8-6-19(7-9-20)10-11-4-2-1-3-5-11/h1-5H,6-10H2,(H,16,23)(H,21,22). The molecular formula is C15H17N5O3S. The summed E-state index contributed by atoms with van der Waals surface area (Å²) in [6, 6.07) is 9.88. The van der Waals surface area contributed by atoms with E-state index in [4.69, 9.17) is 5.11 Å². The first kappa shape index (κ1) is 16.3. The number of hydrogen-bond donors (Lipinski definition) is 2. The fourth-order valence-electron chi connectivity index (χ4n) is 2.54. The smallest absolute Gasteiger partial charge is 0.359 e. The summed E-state index contributed by atoms with van der Waals surface area (Å²) in [6.45, 7) is 3.59. The lowest BCUT2D eigenvalue weighted by molar-refractivity contribution is 0.0691. The summed E-state index contributed by atoms with van der Waals surface area (Å²) < 4.78 is 3.57. The van der Waals surface area contributed by atoms with E-state index in [-0.39, 0.29) is 16.7 Å². The molecule has 2 aromatic rings. The van der Waals surface area contributed by atoms with Crippen molar-refractivity contribution in [3.8, 4) is 0 Å². The van der Waals surface area contributed by atoms with Gasteiger partial charge < -0.3 is 10.0 Å². The molecule has 2 N–H and O–H groups in total. The van der Waals surface area contributed by atoms with Crippen LogP contribution in [-0.2, 0) is 6.54 Å². The number of urea groups is 1. The van der Waals surface area contributed by atoms with Crippen LogP contribution in [0.5, 0.6) is 0 Å². The number of carbonyl (C=O) groups excluding carboxylic acids is 1. The molecule has 1 aliphatic heterocycles. The number of carboxylic acids is 1. The molecular weight excluding hydrogens is 330 g/mol. The van der Waals surface area contributed by atoms with E-state index in [1.54, 1.807) is 4.90 Å². The SMILES string of the molecule is O=C(O)c1nnsc1NC(=O)N1CCN(Cc2ccccc2)CC1. The van der Waals surface area contributed by atoms with E-state index in [1.165, 1.54) is 5.56 Å². The van der Waals surface area contributed by atoms with Gasteiger partial charge in [-0.1, -0.05) is 34.8 Å². The summed E-state index contributed by atoms with van der Waals surface area (Å²) in [5.74, 6) is -1.20. The molecule has 24 heavy (non-hydrogen) atoms. The lowest BCUT2D eigenvalue weighted by Gasteiger charge is -2.34. The minimum atomic E-state index is -1.20. The number of anilines is 1. The van der Waals surface area contributed by atoms with Gasteiger partial charge in [-0.3, -0.25) is 10.2 Å². The zero-order valence-electron chi connectivity index (χ0n) is 12.9. The normalized spacial score (nSPS) is 15.2. The maximum absolute atomic E-state index is 12.3. The molecule has 0 radical (unpaired) electrons. The number of aromatic carboxylic acids is 1. The van der Waals surface area contributed by atoms with Gasteiger partial charge in [0.05, 0.1) is 0 Å². The Labute approximate surface area is 142 Å². The summed E-state index contributed by atoms with van der Waals surface area (Å²) in [5, 5.41) is 15.2. The Bertz CT molecular complexity index is 713. The molecule has 1 aliphatic rings. The van der Waals surface area contributed by atoms with Crippen molar-refractivity contribution in [1.82, 2.24) is 19.4 Å². The van der Waals surface area contributed by atoms with Gasteiger partial charge in [-0.05, 0) is 5.56 Å². The van der Waals surface area contributed by atoms with E-state index < -0.39 is 5.97 Å². The van der Waals surface area contributed by atoms with Crippen molar-refractivity contribution < 1.29 is 14.7 Å². The van der Waals surface area contributed by atoms with Crippen molar-refractivity contribution in [3.63, 3.8) is 0 Å². The molecule has 2 amide bonds. The van der Waals surface area contributed by atoms with Crippen LogP contribution in [-0.4, -0.2) is 62.7 Å². The second-order valence-electron chi connectivity index (χ2n) is 5.43. The maximum atomic E-state index is 12.3. The lowest BCUT2D eigenvalue weighted by atomic mass is 10.2. The van der Waals surface area contributed by atoms with Crippen LogP contribution in [0.15, 0.2) is 30.3 Å². The molecule has 1 aromatic carbocycles. The fourth-order valence-corrected chi connectivity index (χ4v) is 3.09. The number of aromatic nitrogens is 2. The first-order valence-electron chi connectivity index (χ1n) is 7.51. The van der Waals surface area contributed by atoms with E-state index >= 15 is 0 Å².